The van der Waals surface area contributed by atoms with Crippen molar-refractivity contribution in [3.05, 3.63) is 11.8 Å². The van der Waals surface area contributed by atoms with Crippen molar-refractivity contribution in [2.45, 2.75) is 51.7 Å². The Morgan fingerprint density at radius 1 is 1.29 bits per heavy atom. The Hall–Kier alpha value is -1.48. The van der Waals surface area contributed by atoms with Crippen molar-refractivity contribution in [3.8, 4) is 0 Å². The fourth-order valence-electron chi connectivity index (χ4n) is 3.05. The summed E-state index contributed by atoms with van der Waals surface area (Å²) in [7, 11) is 3.61. The number of hydrogen-bond acceptors (Lipinski definition) is 7. The van der Waals surface area contributed by atoms with Gasteiger partial charge in [0.2, 0.25) is 11.8 Å². The van der Waals surface area contributed by atoms with Crippen LogP contribution >= 0.6 is 0 Å². The average molecular weight is 398 g/mol. The van der Waals surface area contributed by atoms with Gasteiger partial charge in [0.1, 0.15) is 11.3 Å². The molecule has 0 saturated carbocycles. The maximum Gasteiger partial charge on any atom is 0.246 e. The molecular formula is C20H35N3O5. The van der Waals surface area contributed by atoms with E-state index in [9.17, 15) is 4.79 Å². The lowest BCUT2D eigenvalue weighted by atomic mass is 9.95. The van der Waals surface area contributed by atoms with Crippen LogP contribution in [0.25, 0.3) is 0 Å². The first kappa shape index (κ1) is 22.8. The first-order valence-electron chi connectivity index (χ1n) is 9.87. The van der Waals surface area contributed by atoms with Gasteiger partial charge in [-0.2, -0.15) is 0 Å². The van der Waals surface area contributed by atoms with Gasteiger partial charge < -0.3 is 18.7 Å². The molecule has 1 aliphatic heterocycles. The fraction of sp³-hybridized carbons (Fsp3) is 0.800. The predicted molar refractivity (Wildman–Crippen MR) is 106 cm³/mol. The van der Waals surface area contributed by atoms with Crippen LogP contribution in [-0.4, -0.2) is 68.6 Å². The van der Waals surface area contributed by atoms with Gasteiger partial charge in [-0.15, -0.1) is 0 Å². The van der Waals surface area contributed by atoms with E-state index in [1.54, 1.807) is 13.2 Å². The summed E-state index contributed by atoms with van der Waals surface area (Å²) >= 11 is 0. The molecule has 8 nitrogen and oxygen atoms in total. The molecule has 0 unspecified atom stereocenters. The van der Waals surface area contributed by atoms with Gasteiger partial charge in [-0.05, 0) is 53.5 Å². The molecule has 0 atom stereocenters. The van der Waals surface area contributed by atoms with E-state index >= 15 is 0 Å². The number of anilines is 1. The van der Waals surface area contributed by atoms with E-state index in [0.717, 1.165) is 32.6 Å². The van der Waals surface area contributed by atoms with Gasteiger partial charge >= 0.3 is 0 Å². The third kappa shape index (κ3) is 6.01. The summed E-state index contributed by atoms with van der Waals surface area (Å²) in [6.45, 7) is 11.0. The second kappa shape index (κ2) is 9.82. The van der Waals surface area contributed by atoms with Crippen molar-refractivity contribution < 1.29 is 23.5 Å². The topological polar surface area (TPSA) is 86.1 Å². The standard InChI is InChI=1S/C20H35N3O5/c1-19(2,23(5)14-15-7-9-26-10-8-15)18(24)21-17-13-16(22-28-17)20(3,4)27-12-11-25-6/h13,15H,7-12,14H2,1-6H3,(H,21,24). The van der Waals surface area contributed by atoms with Crippen molar-refractivity contribution in [1.29, 1.82) is 0 Å². The lowest BCUT2D eigenvalue weighted by Crippen LogP contribution is -2.52. The van der Waals surface area contributed by atoms with E-state index in [-0.39, 0.29) is 5.91 Å². The quantitative estimate of drug-likeness (QED) is 0.607. The molecule has 1 N–H and O–H groups in total. The Morgan fingerprint density at radius 2 is 1.96 bits per heavy atom. The first-order chi connectivity index (χ1) is 13.2. The smallest absolute Gasteiger partial charge is 0.246 e. The second-order valence-corrected chi connectivity index (χ2v) is 8.38. The number of ether oxygens (including phenoxy) is 3. The largest absolute Gasteiger partial charge is 0.382 e. The molecule has 2 rings (SSSR count). The van der Waals surface area contributed by atoms with E-state index in [4.69, 9.17) is 18.7 Å². The van der Waals surface area contributed by atoms with Crippen LogP contribution in [-0.2, 0) is 24.6 Å². The Bertz CT molecular complexity index is 623. The molecule has 1 amide bonds. The maximum absolute atomic E-state index is 12.9. The zero-order valence-corrected chi connectivity index (χ0v) is 18.0. The molecule has 0 bridgehead atoms. The van der Waals surface area contributed by atoms with E-state index in [2.05, 4.69) is 15.4 Å². The van der Waals surface area contributed by atoms with Crippen molar-refractivity contribution in [2.75, 3.05) is 52.4 Å². The number of methoxy groups -OCH3 is 1. The summed E-state index contributed by atoms with van der Waals surface area (Å²) in [5.74, 6) is 0.728. The van der Waals surface area contributed by atoms with Gasteiger partial charge in [0.05, 0.1) is 18.8 Å². The summed E-state index contributed by atoms with van der Waals surface area (Å²) in [4.78, 5) is 15.0. The van der Waals surface area contributed by atoms with Crippen LogP contribution in [0.5, 0.6) is 0 Å². The van der Waals surface area contributed by atoms with Gasteiger partial charge in [-0.25, -0.2) is 0 Å². The Labute approximate surface area is 167 Å². The van der Waals surface area contributed by atoms with Crippen molar-refractivity contribution in [3.63, 3.8) is 0 Å². The minimum absolute atomic E-state index is 0.136. The number of hydrogen-bond donors (Lipinski definition) is 1. The number of amides is 1. The van der Waals surface area contributed by atoms with Crippen molar-refractivity contribution in [1.82, 2.24) is 10.1 Å². The Kier molecular flexibility index (Phi) is 8.00. The summed E-state index contributed by atoms with van der Waals surface area (Å²) in [6, 6.07) is 1.71. The first-order valence-corrected chi connectivity index (χ1v) is 9.87. The van der Waals surface area contributed by atoms with Crippen LogP contribution in [0, 0.1) is 5.92 Å². The van der Waals surface area contributed by atoms with Crippen molar-refractivity contribution in [2.24, 2.45) is 5.92 Å². The predicted octanol–water partition coefficient (Wildman–Crippen LogP) is 2.65. The van der Waals surface area contributed by atoms with Gasteiger partial charge in [0.25, 0.3) is 0 Å². The van der Waals surface area contributed by atoms with E-state index in [1.807, 2.05) is 34.7 Å². The normalized spacial score (nSPS) is 16.5. The number of nitrogens with zero attached hydrogens (tertiary/aromatic N) is 2. The van der Waals surface area contributed by atoms with Crippen LogP contribution in [0.15, 0.2) is 10.6 Å². The third-order valence-electron chi connectivity index (χ3n) is 5.50. The molecule has 0 aliphatic carbocycles. The Balaban J connectivity index is 1.94. The number of nitrogens with one attached hydrogen (secondary N) is 1. The molecule has 1 fully saturated rings. The van der Waals surface area contributed by atoms with Gasteiger partial charge in [0.15, 0.2) is 0 Å². The minimum Gasteiger partial charge on any atom is -0.382 e. The maximum atomic E-state index is 12.9. The van der Waals surface area contributed by atoms with Gasteiger partial charge in [0, 0.05) is 32.9 Å². The highest BCUT2D eigenvalue weighted by Gasteiger charge is 2.35. The molecular weight excluding hydrogens is 362 g/mol. The number of likely N-dealkylation sites (N-methyl/N-ethyl adjacent to an activating group) is 1. The second-order valence-electron chi connectivity index (χ2n) is 8.38. The van der Waals surface area contributed by atoms with E-state index in [1.165, 1.54) is 0 Å². The summed E-state index contributed by atoms with van der Waals surface area (Å²) < 4.78 is 21.5. The molecule has 2 heterocycles. The highest BCUT2D eigenvalue weighted by molar-refractivity contribution is 5.96. The highest BCUT2D eigenvalue weighted by atomic mass is 16.5. The van der Waals surface area contributed by atoms with Crippen LogP contribution in [0.4, 0.5) is 5.88 Å². The van der Waals surface area contributed by atoms with Crippen LogP contribution in [0.2, 0.25) is 0 Å². The molecule has 0 radical (unpaired) electrons. The minimum atomic E-state index is -0.685. The van der Waals surface area contributed by atoms with Crippen LogP contribution < -0.4 is 5.32 Å². The zero-order chi connectivity index (χ0) is 20.8. The van der Waals surface area contributed by atoms with Gasteiger partial charge in [-0.1, -0.05) is 5.16 Å². The van der Waals surface area contributed by atoms with Crippen LogP contribution in [0.3, 0.4) is 0 Å². The fourth-order valence-corrected chi connectivity index (χ4v) is 3.05. The number of carbonyl (C=O) groups excluding carboxylic acids is 1. The van der Waals surface area contributed by atoms with Crippen LogP contribution in [0.1, 0.15) is 46.2 Å². The molecule has 0 spiro atoms. The summed E-state index contributed by atoms with van der Waals surface area (Å²) in [5.41, 5.74) is -0.705. The lowest BCUT2D eigenvalue weighted by molar-refractivity contribution is -0.126. The molecule has 8 heteroatoms. The van der Waals surface area contributed by atoms with E-state index < -0.39 is 11.1 Å². The number of rotatable bonds is 10. The van der Waals surface area contributed by atoms with Crippen molar-refractivity contribution >= 4 is 11.8 Å². The lowest BCUT2D eigenvalue weighted by Gasteiger charge is -2.37. The summed E-state index contributed by atoms with van der Waals surface area (Å²) in [5, 5.41) is 6.90. The highest BCUT2D eigenvalue weighted by Crippen LogP contribution is 2.27. The monoisotopic (exact) mass is 397 g/mol. The molecule has 0 aromatic carbocycles. The molecule has 1 aromatic rings. The molecule has 1 aromatic heterocycles. The summed E-state index contributed by atoms with van der Waals surface area (Å²) in [6.07, 6.45) is 2.07. The zero-order valence-electron chi connectivity index (χ0n) is 18.0. The Morgan fingerprint density at radius 3 is 2.61 bits per heavy atom. The SMILES string of the molecule is COCCOC(C)(C)c1cc(NC(=O)C(C)(C)N(C)CC2CCOCC2)on1. The average Bonchev–Trinajstić information content (AvgIpc) is 3.12. The molecule has 28 heavy (non-hydrogen) atoms. The number of carbonyl (C=O) groups is 1. The van der Waals surface area contributed by atoms with Gasteiger partial charge in [-0.3, -0.25) is 15.0 Å². The molecule has 1 aliphatic rings. The third-order valence-corrected chi connectivity index (χ3v) is 5.50. The van der Waals surface area contributed by atoms with E-state index in [0.29, 0.717) is 30.7 Å². The molecule has 160 valence electrons. The number of aromatic nitrogens is 1. The molecule has 1 saturated heterocycles.